The maximum atomic E-state index is 11.8. The fraction of sp³-hybridized carbons (Fsp3) is 0.500. The minimum Gasteiger partial charge on any atom is -0.494 e. The molecule has 0 heterocycles. The molecule has 1 aromatic carbocycles. The number of hydrogen-bond acceptors (Lipinski definition) is 4. The Morgan fingerprint density at radius 2 is 1.95 bits per heavy atom. The molecule has 22 heavy (non-hydrogen) atoms. The van der Waals surface area contributed by atoms with Crippen molar-refractivity contribution < 1.29 is 14.3 Å². The lowest BCUT2D eigenvalue weighted by molar-refractivity contribution is -0.117. The number of hydrogen-bond donors (Lipinski definition) is 3. The van der Waals surface area contributed by atoms with Crippen LogP contribution in [0.4, 0.5) is 11.4 Å². The summed E-state index contributed by atoms with van der Waals surface area (Å²) in [5, 5.41) is 5.59. The average molecular weight is 307 g/mol. The number of nitrogens with one attached hydrogen (secondary N) is 2. The van der Waals surface area contributed by atoms with Crippen molar-refractivity contribution in [2.45, 2.75) is 33.1 Å². The fourth-order valence-corrected chi connectivity index (χ4v) is 1.93. The summed E-state index contributed by atoms with van der Waals surface area (Å²) >= 11 is 0. The molecule has 122 valence electrons. The molecule has 0 saturated carbocycles. The highest BCUT2D eigenvalue weighted by molar-refractivity contribution is 5.94. The molecule has 0 aromatic heterocycles. The second-order valence-corrected chi connectivity index (χ2v) is 5.50. The van der Waals surface area contributed by atoms with Crippen molar-refractivity contribution in [1.82, 2.24) is 0 Å². The summed E-state index contributed by atoms with van der Waals surface area (Å²) in [4.78, 5) is 23.5. The lowest BCUT2D eigenvalue weighted by atomic mass is 10.1. The Hall–Kier alpha value is -2.08. The van der Waals surface area contributed by atoms with Crippen LogP contribution in [0.15, 0.2) is 18.2 Å². The minimum absolute atomic E-state index is 0.0620. The van der Waals surface area contributed by atoms with Crippen LogP contribution in [0.3, 0.4) is 0 Å². The van der Waals surface area contributed by atoms with E-state index in [9.17, 15) is 9.59 Å². The lowest BCUT2D eigenvalue weighted by Gasteiger charge is -2.13. The molecule has 0 aliphatic heterocycles. The number of carbonyl (C=O) groups is 2. The van der Waals surface area contributed by atoms with Gasteiger partial charge in [0.05, 0.1) is 12.8 Å². The van der Waals surface area contributed by atoms with Crippen LogP contribution >= 0.6 is 0 Å². The van der Waals surface area contributed by atoms with E-state index in [1.165, 1.54) is 7.11 Å². The molecule has 4 N–H and O–H groups in total. The van der Waals surface area contributed by atoms with E-state index in [0.29, 0.717) is 42.9 Å². The number of rotatable bonds is 8. The maximum Gasteiger partial charge on any atom is 0.224 e. The molecule has 0 radical (unpaired) electrons. The van der Waals surface area contributed by atoms with Gasteiger partial charge in [0, 0.05) is 24.6 Å². The molecule has 1 rings (SSSR count). The molecule has 0 aliphatic carbocycles. The Morgan fingerprint density at radius 1 is 1.23 bits per heavy atom. The van der Waals surface area contributed by atoms with Crippen molar-refractivity contribution in [3.05, 3.63) is 18.2 Å². The summed E-state index contributed by atoms with van der Waals surface area (Å²) in [7, 11) is 1.52. The number of benzene rings is 1. The minimum atomic E-state index is -0.0934. The zero-order valence-electron chi connectivity index (χ0n) is 13.4. The number of amides is 2. The average Bonchev–Trinajstić information content (AvgIpc) is 2.45. The van der Waals surface area contributed by atoms with E-state index in [1.807, 2.05) is 13.8 Å². The molecule has 6 heteroatoms. The van der Waals surface area contributed by atoms with Gasteiger partial charge in [0.1, 0.15) is 5.75 Å². The van der Waals surface area contributed by atoms with Crippen molar-refractivity contribution in [3.63, 3.8) is 0 Å². The quantitative estimate of drug-likeness (QED) is 0.687. The zero-order valence-corrected chi connectivity index (χ0v) is 13.4. The van der Waals surface area contributed by atoms with E-state index < -0.39 is 0 Å². The van der Waals surface area contributed by atoms with Gasteiger partial charge in [-0.1, -0.05) is 13.8 Å². The van der Waals surface area contributed by atoms with Crippen LogP contribution in [0.25, 0.3) is 0 Å². The predicted octanol–water partition coefficient (Wildman–Crippen LogP) is 2.36. The van der Waals surface area contributed by atoms with E-state index in [-0.39, 0.29) is 17.7 Å². The molecular weight excluding hydrogens is 282 g/mol. The van der Waals surface area contributed by atoms with Gasteiger partial charge in [-0.2, -0.15) is 0 Å². The van der Waals surface area contributed by atoms with E-state index in [1.54, 1.807) is 18.2 Å². The van der Waals surface area contributed by atoms with Crippen LogP contribution in [-0.2, 0) is 9.59 Å². The summed E-state index contributed by atoms with van der Waals surface area (Å²) in [5.41, 5.74) is 6.59. The normalized spacial score (nSPS) is 10.4. The standard InChI is InChI=1S/C16H25N3O3/c1-11(2)9-16(21)19-13-7-6-12(10-14(13)22-3)18-15(20)5-4-8-17/h6-7,10-11H,4-5,8-9,17H2,1-3H3,(H,18,20)(H,19,21). The molecular formula is C16H25N3O3. The smallest absolute Gasteiger partial charge is 0.224 e. The molecule has 0 aliphatic rings. The van der Waals surface area contributed by atoms with Gasteiger partial charge < -0.3 is 21.1 Å². The van der Waals surface area contributed by atoms with Crippen LogP contribution in [0.1, 0.15) is 33.1 Å². The number of carbonyl (C=O) groups excluding carboxylic acids is 2. The first-order valence-corrected chi connectivity index (χ1v) is 7.44. The first kappa shape index (κ1) is 18.0. The van der Waals surface area contributed by atoms with Gasteiger partial charge in [-0.15, -0.1) is 0 Å². The van der Waals surface area contributed by atoms with E-state index >= 15 is 0 Å². The summed E-state index contributed by atoms with van der Waals surface area (Å²) in [6.45, 7) is 4.45. The molecule has 0 unspecified atom stereocenters. The Bertz CT molecular complexity index is 515. The van der Waals surface area contributed by atoms with Crippen LogP contribution in [0.2, 0.25) is 0 Å². The fourth-order valence-electron chi connectivity index (χ4n) is 1.93. The Morgan fingerprint density at radius 3 is 2.55 bits per heavy atom. The van der Waals surface area contributed by atoms with Crippen LogP contribution in [0, 0.1) is 5.92 Å². The highest BCUT2D eigenvalue weighted by Gasteiger charge is 2.11. The molecule has 2 amide bonds. The number of anilines is 2. The van der Waals surface area contributed by atoms with Gasteiger partial charge in [0.25, 0.3) is 0 Å². The zero-order chi connectivity index (χ0) is 16.5. The van der Waals surface area contributed by atoms with Gasteiger partial charge in [-0.25, -0.2) is 0 Å². The van der Waals surface area contributed by atoms with Crippen molar-refractivity contribution in [3.8, 4) is 5.75 Å². The highest BCUT2D eigenvalue weighted by Crippen LogP contribution is 2.28. The SMILES string of the molecule is COc1cc(NC(=O)CCCN)ccc1NC(=O)CC(C)C. The van der Waals surface area contributed by atoms with Gasteiger partial charge in [-0.05, 0) is 31.0 Å². The highest BCUT2D eigenvalue weighted by atomic mass is 16.5. The number of nitrogens with two attached hydrogens (primary N) is 1. The molecule has 0 atom stereocenters. The molecule has 6 nitrogen and oxygen atoms in total. The van der Waals surface area contributed by atoms with E-state index in [0.717, 1.165) is 0 Å². The second-order valence-electron chi connectivity index (χ2n) is 5.50. The van der Waals surface area contributed by atoms with Gasteiger partial charge in [-0.3, -0.25) is 9.59 Å². The predicted molar refractivity (Wildman–Crippen MR) is 88.0 cm³/mol. The van der Waals surface area contributed by atoms with Gasteiger partial charge in [0.15, 0.2) is 0 Å². The number of methoxy groups -OCH3 is 1. The van der Waals surface area contributed by atoms with E-state index in [4.69, 9.17) is 10.5 Å². The summed E-state index contributed by atoms with van der Waals surface area (Å²) in [6.07, 6.45) is 1.47. The summed E-state index contributed by atoms with van der Waals surface area (Å²) in [6, 6.07) is 5.13. The Labute approximate surface area is 131 Å². The third kappa shape index (κ3) is 6.13. The third-order valence-corrected chi connectivity index (χ3v) is 2.96. The van der Waals surface area contributed by atoms with Crippen molar-refractivity contribution in [2.75, 3.05) is 24.3 Å². The lowest BCUT2D eigenvalue weighted by Crippen LogP contribution is -2.15. The van der Waals surface area contributed by atoms with Crippen LogP contribution in [-0.4, -0.2) is 25.5 Å². The van der Waals surface area contributed by atoms with E-state index in [2.05, 4.69) is 10.6 Å². The summed E-state index contributed by atoms with van der Waals surface area (Å²) in [5.74, 6) is 0.637. The summed E-state index contributed by atoms with van der Waals surface area (Å²) < 4.78 is 5.27. The first-order valence-electron chi connectivity index (χ1n) is 7.44. The van der Waals surface area contributed by atoms with Gasteiger partial charge >= 0.3 is 0 Å². The molecule has 1 aromatic rings. The largest absolute Gasteiger partial charge is 0.494 e. The monoisotopic (exact) mass is 307 g/mol. The van der Waals surface area contributed by atoms with Crippen molar-refractivity contribution >= 4 is 23.2 Å². The number of ether oxygens (including phenoxy) is 1. The van der Waals surface area contributed by atoms with Crippen molar-refractivity contribution in [2.24, 2.45) is 11.7 Å². The van der Waals surface area contributed by atoms with Crippen LogP contribution in [0.5, 0.6) is 5.75 Å². The molecule has 0 saturated heterocycles. The van der Waals surface area contributed by atoms with Gasteiger partial charge in [0.2, 0.25) is 11.8 Å². The molecule has 0 bridgehead atoms. The Kier molecular flexibility index (Phi) is 7.39. The topological polar surface area (TPSA) is 93.4 Å². The second kappa shape index (κ2) is 9.04. The third-order valence-electron chi connectivity index (χ3n) is 2.96. The Balaban J connectivity index is 2.74. The van der Waals surface area contributed by atoms with Crippen LogP contribution < -0.4 is 21.1 Å². The maximum absolute atomic E-state index is 11.8. The van der Waals surface area contributed by atoms with Crippen molar-refractivity contribution in [1.29, 1.82) is 0 Å². The first-order chi connectivity index (χ1) is 10.5. The molecule has 0 fully saturated rings. The molecule has 0 spiro atoms.